The third kappa shape index (κ3) is 3.42. The lowest BCUT2D eigenvalue weighted by atomic mass is 10.2. The number of aromatic nitrogens is 2. The van der Waals surface area contributed by atoms with E-state index in [9.17, 15) is 24.5 Å². The third-order valence-corrected chi connectivity index (χ3v) is 5.41. The van der Waals surface area contributed by atoms with Crippen LogP contribution in [-0.2, 0) is 11.3 Å². The van der Waals surface area contributed by atoms with Crippen molar-refractivity contribution < 1.29 is 14.1 Å². The third-order valence-electron chi connectivity index (χ3n) is 4.51. The Hall–Kier alpha value is -3.99. The predicted octanol–water partition coefficient (Wildman–Crippen LogP) is 2.87. The van der Waals surface area contributed by atoms with Crippen molar-refractivity contribution in [1.82, 2.24) is 9.55 Å². The molecule has 1 amide bonds. The fraction of sp³-hybridized carbons (Fsp3) is 0.105. The maximum absolute atomic E-state index is 13.0. The van der Waals surface area contributed by atoms with E-state index in [0.29, 0.717) is 21.7 Å². The van der Waals surface area contributed by atoms with E-state index in [2.05, 4.69) is 10.3 Å². The normalized spacial score (nSPS) is 11.0. The summed E-state index contributed by atoms with van der Waals surface area (Å²) in [6, 6.07) is 7.41. The summed E-state index contributed by atoms with van der Waals surface area (Å²) in [5, 5.41) is 15.4. The highest BCUT2D eigenvalue weighted by molar-refractivity contribution is 7.17. The van der Waals surface area contributed by atoms with Gasteiger partial charge in [0.05, 0.1) is 22.3 Å². The van der Waals surface area contributed by atoms with E-state index in [0.717, 1.165) is 4.57 Å². The SMILES string of the molecule is Cc1ccc([N+](=O)[O-])cc1NC(=O)Cn1c(=O)[nH]c2scc(-c3ccco3)c2c1=O. The number of nitro groups is 1. The molecule has 2 N–H and O–H groups in total. The number of furan rings is 1. The van der Waals surface area contributed by atoms with Gasteiger partial charge >= 0.3 is 5.69 Å². The van der Waals surface area contributed by atoms with E-state index in [1.807, 2.05) is 0 Å². The summed E-state index contributed by atoms with van der Waals surface area (Å²) in [6.07, 6.45) is 1.47. The second-order valence-electron chi connectivity index (χ2n) is 6.46. The molecule has 4 rings (SSSR count). The van der Waals surface area contributed by atoms with Crippen LogP contribution in [0.25, 0.3) is 21.5 Å². The van der Waals surface area contributed by atoms with Gasteiger partial charge in [0.15, 0.2) is 0 Å². The number of nitrogens with one attached hydrogen (secondary N) is 2. The first-order valence-electron chi connectivity index (χ1n) is 8.68. The highest BCUT2D eigenvalue weighted by Gasteiger charge is 2.18. The van der Waals surface area contributed by atoms with Crippen molar-refractivity contribution in [3.05, 3.63) is 78.5 Å². The number of carbonyl (C=O) groups excluding carboxylic acids is 1. The van der Waals surface area contributed by atoms with Gasteiger partial charge in [0, 0.05) is 23.1 Å². The molecule has 0 aliphatic carbocycles. The number of aryl methyl sites for hydroxylation is 1. The van der Waals surface area contributed by atoms with Crippen LogP contribution < -0.4 is 16.6 Å². The molecule has 0 radical (unpaired) electrons. The lowest BCUT2D eigenvalue weighted by Crippen LogP contribution is -2.38. The van der Waals surface area contributed by atoms with E-state index >= 15 is 0 Å². The van der Waals surface area contributed by atoms with Gasteiger partial charge < -0.3 is 9.73 Å². The second-order valence-corrected chi connectivity index (χ2v) is 7.34. The van der Waals surface area contributed by atoms with Gasteiger partial charge in [-0.1, -0.05) is 6.07 Å². The van der Waals surface area contributed by atoms with Crippen LogP contribution in [0.4, 0.5) is 11.4 Å². The lowest BCUT2D eigenvalue weighted by molar-refractivity contribution is -0.384. The Kier molecular flexibility index (Phi) is 4.80. The second kappa shape index (κ2) is 7.44. The number of thiophene rings is 1. The van der Waals surface area contributed by atoms with E-state index < -0.39 is 28.6 Å². The molecule has 0 fully saturated rings. The van der Waals surface area contributed by atoms with Crippen molar-refractivity contribution in [2.75, 3.05) is 5.32 Å². The molecule has 4 aromatic rings. The van der Waals surface area contributed by atoms with Gasteiger partial charge in [-0.3, -0.25) is 29.3 Å². The predicted molar refractivity (Wildman–Crippen MR) is 111 cm³/mol. The molecule has 0 unspecified atom stereocenters. The number of hydrogen-bond donors (Lipinski definition) is 2. The molecular formula is C19H14N4O6S. The summed E-state index contributed by atoms with van der Waals surface area (Å²) >= 11 is 1.18. The molecule has 3 aromatic heterocycles. The number of benzene rings is 1. The molecule has 0 atom stereocenters. The molecular weight excluding hydrogens is 412 g/mol. The Morgan fingerprint density at radius 1 is 1.33 bits per heavy atom. The molecule has 11 heteroatoms. The Bertz CT molecular complexity index is 1400. The number of H-pyrrole nitrogens is 1. The summed E-state index contributed by atoms with van der Waals surface area (Å²) in [6.45, 7) is 1.12. The van der Waals surface area contributed by atoms with Crippen LogP contribution in [0.3, 0.4) is 0 Å². The highest BCUT2D eigenvalue weighted by Crippen LogP contribution is 2.30. The smallest absolute Gasteiger partial charge is 0.329 e. The van der Waals surface area contributed by atoms with Crippen molar-refractivity contribution in [3.8, 4) is 11.3 Å². The van der Waals surface area contributed by atoms with Gasteiger partial charge in [-0.25, -0.2) is 4.79 Å². The number of nitrogens with zero attached hydrogens (tertiary/aromatic N) is 2. The van der Waals surface area contributed by atoms with Crippen molar-refractivity contribution in [2.45, 2.75) is 13.5 Å². The van der Waals surface area contributed by atoms with Crippen LogP contribution in [0.2, 0.25) is 0 Å². The average Bonchev–Trinajstić information content (AvgIpc) is 3.36. The Morgan fingerprint density at radius 2 is 2.13 bits per heavy atom. The topological polar surface area (TPSA) is 140 Å². The molecule has 0 aliphatic rings. The zero-order valence-corrected chi connectivity index (χ0v) is 16.3. The van der Waals surface area contributed by atoms with Crippen LogP contribution in [0.1, 0.15) is 5.56 Å². The average molecular weight is 426 g/mol. The summed E-state index contributed by atoms with van der Waals surface area (Å²) < 4.78 is 6.13. The fourth-order valence-corrected chi connectivity index (χ4v) is 3.93. The first-order chi connectivity index (χ1) is 14.3. The Balaban J connectivity index is 1.69. The van der Waals surface area contributed by atoms with E-state index in [1.54, 1.807) is 24.4 Å². The van der Waals surface area contributed by atoms with Crippen molar-refractivity contribution in [3.63, 3.8) is 0 Å². The zero-order chi connectivity index (χ0) is 21.4. The minimum Gasteiger partial charge on any atom is -0.464 e. The summed E-state index contributed by atoms with van der Waals surface area (Å²) in [7, 11) is 0. The lowest BCUT2D eigenvalue weighted by Gasteiger charge is -2.09. The maximum Gasteiger partial charge on any atom is 0.329 e. The first kappa shape index (κ1) is 19.3. The fourth-order valence-electron chi connectivity index (χ4n) is 3.00. The minimum absolute atomic E-state index is 0.186. The minimum atomic E-state index is -0.730. The summed E-state index contributed by atoms with van der Waals surface area (Å²) in [5.74, 6) is -0.200. The molecule has 0 spiro atoms. The summed E-state index contributed by atoms with van der Waals surface area (Å²) in [4.78, 5) is 51.2. The number of amides is 1. The molecule has 0 saturated heterocycles. The quantitative estimate of drug-likeness (QED) is 0.371. The van der Waals surface area contributed by atoms with Gasteiger partial charge in [0.25, 0.3) is 11.2 Å². The first-order valence-corrected chi connectivity index (χ1v) is 9.56. The number of fused-ring (bicyclic) bond motifs is 1. The van der Waals surface area contributed by atoms with Crippen molar-refractivity contribution >= 4 is 38.8 Å². The van der Waals surface area contributed by atoms with E-state index in [4.69, 9.17) is 4.42 Å². The maximum atomic E-state index is 13.0. The molecule has 10 nitrogen and oxygen atoms in total. The van der Waals surface area contributed by atoms with Gasteiger partial charge in [-0.15, -0.1) is 11.3 Å². The van der Waals surface area contributed by atoms with Gasteiger partial charge in [-0.2, -0.15) is 0 Å². The largest absolute Gasteiger partial charge is 0.464 e. The monoisotopic (exact) mass is 426 g/mol. The van der Waals surface area contributed by atoms with Crippen LogP contribution in [0.15, 0.2) is 56.0 Å². The Labute approximate surface area is 171 Å². The number of hydrogen-bond acceptors (Lipinski definition) is 7. The van der Waals surface area contributed by atoms with Crippen molar-refractivity contribution in [2.24, 2.45) is 0 Å². The standard InChI is InChI=1S/C19H14N4O6S/c1-10-4-5-11(23(27)28)7-13(10)20-15(24)8-22-18(25)16-12(14-3-2-6-29-14)9-30-17(16)21-19(22)26/h2-7,9H,8H2,1H3,(H,20,24)(H,21,26). The van der Waals surface area contributed by atoms with Gasteiger partial charge in [0.1, 0.15) is 17.1 Å². The molecule has 30 heavy (non-hydrogen) atoms. The molecule has 152 valence electrons. The van der Waals surface area contributed by atoms with Crippen molar-refractivity contribution in [1.29, 1.82) is 0 Å². The zero-order valence-electron chi connectivity index (χ0n) is 15.5. The van der Waals surface area contributed by atoms with E-state index in [1.165, 1.54) is 35.8 Å². The Morgan fingerprint density at radius 3 is 2.83 bits per heavy atom. The molecule has 1 aromatic carbocycles. The van der Waals surface area contributed by atoms with Crippen LogP contribution >= 0.6 is 11.3 Å². The molecule has 0 aliphatic heterocycles. The summed E-state index contributed by atoms with van der Waals surface area (Å²) in [5.41, 5.74) is -0.202. The number of rotatable bonds is 5. The number of carbonyl (C=O) groups is 1. The molecule has 0 bridgehead atoms. The number of non-ortho nitro benzene ring substituents is 1. The van der Waals surface area contributed by atoms with Crippen LogP contribution in [0, 0.1) is 17.0 Å². The number of aromatic amines is 1. The molecule has 3 heterocycles. The van der Waals surface area contributed by atoms with Gasteiger partial charge in [0.2, 0.25) is 5.91 Å². The number of nitro benzene ring substituents is 1. The van der Waals surface area contributed by atoms with E-state index in [-0.39, 0.29) is 16.8 Å². The molecule has 0 saturated carbocycles. The highest BCUT2D eigenvalue weighted by atomic mass is 32.1. The van der Waals surface area contributed by atoms with Gasteiger partial charge in [-0.05, 0) is 24.6 Å². The van der Waals surface area contributed by atoms with Crippen LogP contribution in [0.5, 0.6) is 0 Å². The number of anilines is 1. The van der Waals surface area contributed by atoms with Crippen LogP contribution in [-0.4, -0.2) is 20.4 Å².